The van der Waals surface area contributed by atoms with Gasteiger partial charge >= 0.3 is 0 Å². The molecule has 0 saturated heterocycles. The molecule has 47 heavy (non-hydrogen) atoms. The van der Waals surface area contributed by atoms with Crippen molar-refractivity contribution in [2.45, 2.75) is 0 Å². The molecule has 5 heteroatoms. The second-order valence-electron chi connectivity index (χ2n) is 12.0. The third-order valence-electron chi connectivity index (χ3n) is 9.47. The molecule has 7 aromatic carbocycles. The van der Waals surface area contributed by atoms with E-state index in [0.29, 0.717) is 0 Å². The molecule has 11 rings (SSSR count). The van der Waals surface area contributed by atoms with Crippen LogP contribution in [0.5, 0.6) is 0 Å². The maximum Gasteiger partial charge on any atom is 0.137 e. The molecule has 0 spiro atoms. The highest BCUT2D eigenvalue weighted by molar-refractivity contribution is 7.27. The van der Waals surface area contributed by atoms with E-state index in [1.165, 1.54) is 77.3 Å². The van der Waals surface area contributed by atoms with Gasteiger partial charge in [-0.25, -0.2) is 0 Å². The molecule has 0 unspecified atom stereocenters. The fraction of sp³-hybridized carbons (Fsp3) is 0. The molecule has 0 amide bonds. The van der Waals surface area contributed by atoms with Gasteiger partial charge in [-0.05, 0) is 54.6 Å². The Kier molecular flexibility index (Phi) is 5.33. The monoisotopic (exact) mass is 653 g/mol. The third kappa shape index (κ3) is 3.59. The second-order valence-corrected chi connectivity index (χ2v) is 15.2. The number of nitrogens with zero attached hydrogens (tertiary/aromatic N) is 1. The van der Waals surface area contributed by atoms with Gasteiger partial charge in [-0.3, -0.25) is 0 Å². The summed E-state index contributed by atoms with van der Waals surface area (Å²) in [6.07, 6.45) is 0. The molecule has 0 N–H and O–H groups in total. The number of hydrogen-bond donors (Lipinski definition) is 0. The summed E-state index contributed by atoms with van der Waals surface area (Å²) in [5.74, 6) is 0. The largest absolute Gasteiger partial charge is 0.456 e. The first-order valence-corrected chi connectivity index (χ1v) is 18.1. The Hall–Kier alpha value is -5.20. The van der Waals surface area contributed by atoms with Gasteiger partial charge in [-0.2, -0.15) is 0 Å². The first kappa shape index (κ1) is 25.9. The predicted octanol–water partition coefficient (Wildman–Crippen LogP) is 14.2. The van der Waals surface area contributed by atoms with E-state index in [4.69, 9.17) is 4.42 Å². The summed E-state index contributed by atoms with van der Waals surface area (Å²) < 4.78 is 14.4. The van der Waals surface area contributed by atoms with Crippen molar-refractivity contribution in [3.63, 3.8) is 0 Å². The summed E-state index contributed by atoms with van der Waals surface area (Å²) >= 11 is 5.61. The fourth-order valence-electron chi connectivity index (χ4n) is 7.46. The highest BCUT2D eigenvalue weighted by atomic mass is 32.1. The minimum absolute atomic E-state index is 0.902. The van der Waals surface area contributed by atoms with Crippen LogP contribution < -0.4 is 4.90 Å². The van der Waals surface area contributed by atoms with Crippen LogP contribution in [0.1, 0.15) is 0 Å². The Morgan fingerprint density at radius 2 is 0.787 bits per heavy atom. The van der Waals surface area contributed by atoms with E-state index in [9.17, 15) is 0 Å². The molecule has 0 radical (unpaired) electrons. The number of anilines is 3. The fourth-order valence-corrected chi connectivity index (χ4v) is 11.1. The van der Waals surface area contributed by atoms with Gasteiger partial charge in [0.15, 0.2) is 0 Å². The van der Waals surface area contributed by atoms with Gasteiger partial charge in [0.05, 0.1) is 31.8 Å². The highest BCUT2D eigenvalue weighted by Crippen LogP contribution is 2.52. The van der Waals surface area contributed by atoms with Crippen molar-refractivity contribution in [2.75, 3.05) is 4.90 Å². The summed E-state index contributed by atoms with van der Waals surface area (Å²) in [5.41, 5.74) is 5.31. The van der Waals surface area contributed by atoms with Crippen LogP contribution in [0.15, 0.2) is 144 Å². The van der Waals surface area contributed by atoms with Gasteiger partial charge in [0.1, 0.15) is 11.2 Å². The smallest absolute Gasteiger partial charge is 0.137 e. The van der Waals surface area contributed by atoms with Crippen molar-refractivity contribution < 1.29 is 4.42 Å². The van der Waals surface area contributed by atoms with Crippen molar-refractivity contribution in [1.82, 2.24) is 0 Å². The molecule has 0 fully saturated rings. The zero-order chi connectivity index (χ0) is 30.6. The standard InChI is InChI=1S/C42H23NOS3/c1-4-19-35-24(10-1)27-13-7-16-31(40(27)45-35)43(32-17-8-14-28-25-11-2-5-20-36(25)46-41(28)32)30-15-9-18-33-38(30)39-34(44-33)23-22-29-26-12-3-6-21-37(26)47-42(29)39/h1-23H. The molecular formula is C42H23NOS3. The number of benzene rings is 7. The highest BCUT2D eigenvalue weighted by Gasteiger charge is 2.25. The number of rotatable bonds is 3. The molecule has 0 atom stereocenters. The maximum absolute atomic E-state index is 6.68. The summed E-state index contributed by atoms with van der Waals surface area (Å²) in [6.45, 7) is 0. The second kappa shape index (κ2) is 9.66. The van der Waals surface area contributed by atoms with Crippen LogP contribution in [-0.4, -0.2) is 0 Å². The average molecular weight is 654 g/mol. The lowest BCUT2D eigenvalue weighted by Gasteiger charge is -2.27. The topological polar surface area (TPSA) is 16.4 Å². The molecule has 0 saturated carbocycles. The number of hydrogen-bond acceptors (Lipinski definition) is 5. The van der Waals surface area contributed by atoms with Gasteiger partial charge in [-0.1, -0.05) is 84.9 Å². The summed E-state index contributed by atoms with van der Waals surface area (Å²) in [5, 5.41) is 10.1. The zero-order valence-electron chi connectivity index (χ0n) is 24.9. The van der Waals surface area contributed by atoms with E-state index in [0.717, 1.165) is 22.2 Å². The van der Waals surface area contributed by atoms with Crippen LogP contribution in [0.3, 0.4) is 0 Å². The summed E-state index contributed by atoms with van der Waals surface area (Å²) in [4.78, 5) is 2.51. The van der Waals surface area contributed by atoms with Gasteiger partial charge < -0.3 is 9.32 Å². The summed E-state index contributed by atoms with van der Waals surface area (Å²) in [6, 6.07) is 50.8. The molecule has 11 aromatic rings. The van der Waals surface area contributed by atoms with Gasteiger partial charge in [0.2, 0.25) is 0 Å². The Morgan fingerprint density at radius 1 is 0.340 bits per heavy atom. The SMILES string of the molecule is c1cc(N(c2cccc3c2sc2ccccc23)c2cccc3c2sc2ccccc23)c2c(c1)oc1ccc3c4ccccc4sc3c12. The van der Waals surface area contributed by atoms with Crippen LogP contribution in [0.4, 0.5) is 17.1 Å². The van der Waals surface area contributed by atoms with Crippen LogP contribution in [0.2, 0.25) is 0 Å². The lowest BCUT2D eigenvalue weighted by atomic mass is 10.0. The normalized spacial score (nSPS) is 12.3. The van der Waals surface area contributed by atoms with E-state index in [2.05, 4.69) is 144 Å². The van der Waals surface area contributed by atoms with Crippen molar-refractivity contribution in [3.8, 4) is 0 Å². The van der Waals surface area contributed by atoms with Crippen LogP contribution in [0.25, 0.3) is 82.5 Å². The van der Waals surface area contributed by atoms with Gasteiger partial charge in [-0.15, -0.1) is 34.0 Å². The minimum atomic E-state index is 0.902. The van der Waals surface area contributed by atoms with Crippen LogP contribution in [0, 0.1) is 0 Å². The van der Waals surface area contributed by atoms with E-state index in [1.807, 2.05) is 34.0 Å². The molecule has 2 nitrogen and oxygen atoms in total. The molecule has 0 aliphatic rings. The van der Waals surface area contributed by atoms with Crippen LogP contribution in [-0.2, 0) is 0 Å². The third-order valence-corrected chi connectivity index (χ3v) is 13.1. The molecule has 0 aliphatic heterocycles. The number of furan rings is 1. The van der Waals surface area contributed by atoms with Crippen molar-refractivity contribution in [2.24, 2.45) is 0 Å². The Morgan fingerprint density at radius 3 is 1.38 bits per heavy atom. The first-order valence-electron chi connectivity index (χ1n) is 15.7. The molecule has 0 aliphatic carbocycles. The zero-order valence-corrected chi connectivity index (χ0v) is 27.3. The molecular weight excluding hydrogens is 631 g/mol. The average Bonchev–Trinajstić information content (AvgIpc) is 3.88. The molecule has 0 bridgehead atoms. The van der Waals surface area contributed by atoms with E-state index in [-0.39, 0.29) is 0 Å². The van der Waals surface area contributed by atoms with E-state index < -0.39 is 0 Å². The van der Waals surface area contributed by atoms with Gasteiger partial charge in [0.25, 0.3) is 0 Å². The Labute approximate surface area is 280 Å². The van der Waals surface area contributed by atoms with E-state index >= 15 is 0 Å². The maximum atomic E-state index is 6.68. The minimum Gasteiger partial charge on any atom is -0.456 e. The van der Waals surface area contributed by atoms with Crippen LogP contribution >= 0.6 is 34.0 Å². The van der Waals surface area contributed by atoms with Crippen molar-refractivity contribution in [1.29, 1.82) is 0 Å². The molecule has 4 aromatic heterocycles. The lowest BCUT2D eigenvalue weighted by Crippen LogP contribution is -2.10. The van der Waals surface area contributed by atoms with Crippen molar-refractivity contribution >= 4 is 134 Å². The van der Waals surface area contributed by atoms with Crippen molar-refractivity contribution in [3.05, 3.63) is 140 Å². The van der Waals surface area contributed by atoms with Gasteiger partial charge in [0, 0.05) is 56.5 Å². The number of thiophene rings is 3. The molecule has 4 heterocycles. The first-order chi connectivity index (χ1) is 23.3. The predicted molar refractivity (Wildman–Crippen MR) is 207 cm³/mol. The Balaban J connectivity index is 1.31. The molecule has 220 valence electrons. The summed E-state index contributed by atoms with van der Waals surface area (Å²) in [7, 11) is 0. The quantitative estimate of drug-likeness (QED) is 0.189. The lowest BCUT2D eigenvalue weighted by molar-refractivity contribution is 0.669. The Bertz CT molecular complexity index is 2930. The van der Waals surface area contributed by atoms with E-state index in [1.54, 1.807) is 0 Å². The number of fused-ring (bicyclic) bond motifs is 13.